The number of rotatable bonds is 7. The van der Waals surface area contributed by atoms with Crippen molar-refractivity contribution < 1.29 is 18.7 Å². The second kappa shape index (κ2) is 9.87. The van der Waals surface area contributed by atoms with Gasteiger partial charge in [0.2, 0.25) is 5.91 Å². The predicted molar refractivity (Wildman–Crippen MR) is 138 cm³/mol. The molecule has 0 aliphatic carbocycles. The van der Waals surface area contributed by atoms with Gasteiger partial charge in [0.1, 0.15) is 17.1 Å². The molecule has 3 aromatic carbocycles. The fraction of sp³-hybridized carbons (Fsp3) is 0.207. The van der Waals surface area contributed by atoms with Gasteiger partial charge in [0.05, 0.1) is 25.7 Å². The maximum Gasteiger partial charge on any atom is 0.248 e. The molecule has 5 heteroatoms. The molecule has 0 fully saturated rings. The van der Waals surface area contributed by atoms with Crippen LogP contribution in [0.3, 0.4) is 0 Å². The zero-order chi connectivity index (χ0) is 24.2. The van der Waals surface area contributed by atoms with Crippen LogP contribution in [-0.2, 0) is 4.79 Å². The Balaban J connectivity index is 1.77. The molecule has 1 aromatic heterocycles. The van der Waals surface area contributed by atoms with Crippen LogP contribution in [0.1, 0.15) is 30.5 Å². The summed E-state index contributed by atoms with van der Waals surface area (Å²) in [6.07, 6.45) is 3.37. The number of amides is 1. The predicted octanol–water partition coefficient (Wildman–Crippen LogP) is 7.17. The summed E-state index contributed by atoms with van der Waals surface area (Å²) in [7, 11) is 1.59. The Morgan fingerprint density at radius 2 is 1.85 bits per heavy atom. The molecule has 1 amide bonds. The highest BCUT2D eigenvalue weighted by Gasteiger charge is 2.19. The van der Waals surface area contributed by atoms with E-state index in [1.165, 1.54) is 0 Å². The summed E-state index contributed by atoms with van der Waals surface area (Å²) < 4.78 is 17.4. The van der Waals surface area contributed by atoms with Crippen LogP contribution in [0.4, 0.5) is 5.69 Å². The van der Waals surface area contributed by atoms with Gasteiger partial charge >= 0.3 is 0 Å². The van der Waals surface area contributed by atoms with Crippen LogP contribution in [0.15, 0.2) is 71.4 Å². The van der Waals surface area contributed by atoms with E-state index in [4.69, 9.17) is 13.9 Å². The second-order valence-corrected chi connectivity index (χ2v) is 8.22. The first-order valence-electron chi connectivity index (χ1n) is 11.3. The lowest BCUT2D eigenvalue weighted by Gasteiger charge is -2.15. The minimum atomic E-state index is -0.239. The summed E-state index contributed by atoms with van der Waals surface area (Å²) >= 11 is 0. The van der Waals surface area contributed by atoms with Crippen LogP contribution in [-0.4, -0.2) is 19.6 Å². The first-order chi connectivity index (χ1) is 16.4. The van der Waals surface area contributed by atoms with Crippen LogP contribution in [0, 0.1) is 13.8 Å². The molecule has 0 atom stereocenters. The third-order valence-electron chi connectivity index (χ3n) is 5.80. The number of furan rings is 1. The molecule has 174 valence electrons. The van der Waals surface area contributed by atoms with Crippen molar-refractivity contribution in [1.82, 2.24) is 0 Å². The Labute approximate surface area is 200 Å². The molecule has 0 aliphatic heterocycles. The number of nitrogens with one attached hydrogen (secondary N) is 1. The molecule has 4 aromatic rings. The quantitative estimate of drug-likeness (QED) is 0.300. The first kappa shape index (κ1) is 23.2. The van der Waals surface area contributed by atoms with Crippen LogP contribution in [0.5, 0.6) is 11.5 Å². The largest absolute Gasteiger partial charge is 0.495 e. The van der Waals surface area contributed by atoms with E-state index in [1.807, 2.05) is 70.2 Å². The molecule has 5 nitrogen and oxygen atoms in total. The number of carbonyl (C=O) groups is 1. The van der Waals surface area contributed by atoms with E-state index >= 15 is 0 Å². The molecule has 1 N–H and O–H groups in total. The molecule has 0 unspecified atom stereocenters. The Bertz CT molecular complexity index is 1370. The van der Waals surface area contributed by atoms with Crippen molar-refractivity contribution in [3.8, 4) is 22.6 Å². The Hall–Kier alpha value is -3.99. The lowest BCUT2D eigenvalue weighted by atomic mass is 9.96. The van der Waals surface area contributed by atoms with Crippen molar-refractivity contribution in [3.63, 3.8) is 0 Å². The third-order valence-corrected chi connectivity index (χ3v) is 5.80. The number of carbonyl (C=O) groups excluding carboxylic acids is 1. The molecule has 0 aliphatic rings. The van der Waals surface area contributed by atoms with Crippen molar-refractivity contribution in [2.45, 2.75) is 27.7 Å². The van der Waals surface area contributed by atoms with Gasteiger partial charge in [-0.2, -0.15) is 0 Å². The monoisotopic (exact) mass is 455 g/mol. The van der Waals surface area contributed by atoms with Gasteiger partial charge in [-0.25, -0.2) is 0 Å². The van der Waals surface area contributed by atoms with Crippen molar-refractivity contribution in [2.75, 3.05) is 19.0 Å². The Kier molecular flexibility index (Phi) is 6.73. The third kappa shape index (κ3) is 4.55. The minimum absolute atomic E-state index is 0.239. The molecule has 0 saturated carbocycles. The van der Waals surface area contributed by atoms with Crippen molar-refractivity contribution in [1.29, 1.82) is 0 Å². The summed E-state index contributed by atoms with van der Waals surface area (Å²) in [5, 5.41) is 3.92. The minimum Gasteiger partial charge on any atom is -0.495 e. The lowest BCUT2D eigenvalue weighted by Crippen LogP contribution is -2.10. The topological polar surface area (TPSA) is 60.7 Å². The van der Waals surface area contributed by atoms with Gasteiger partial charge in [-0.3, -0.25) is 4.79 Å². The fourth-order valence-corrected chi connectivity index (χ4v) is 4.14. The van der Waals surface area contributed by atoms with Gasteiger partial charge < -0.3 is 19.2 Å². The van der Waals surface area contributed by atoms with Gasteiger partial charge in [-0.15, -0.1) is 0 Å². The molecule has 1 heterocycles. The standard InChI is InChI=1S/C29H29NO4/c1-6-33-28-20(4)29-23(24(17-34-29)21-10-8-7-9-11-21)16-22(28)19(3)15-27(31)30-25-14-18(2)12-13-26(25)32-5/h7-17H,6H2,1-5H3,(H,30,31)/b19-15+. The number of hydrogen-bond donors (Lipinski definition) is 1. The van der Waals surface area contributed by atoms with E-state index in [1.54, 1.807) is 19.4 Å². The van der Waals surface area contributed by atoms with E-state index in [9.17, 15) is 4.79 Å². The normalized spacial score (nSPS) is 11.5. The highest BCUT2D eigenvalue weighted by Crippen LogP contribution is 2.40. The van der Waals surface area contributed by atoms with Crippen molar-refractivity contribution >= 4 is 28.1 Å². The average molecular weight is 456 g/mol. The van der Waals surface area contributed by atoms with Gasteiger partial charge in [-0.1, -0.05) is 36.4 Å². The van der Waals surface area contributed by atoms with Gasteiger partial charge in [0, 0.05) is 28.2 Å². The number of aryl methyl sites for hydroxylation is 2. The maximum atomic E-state index is 12.9. The van der Waals surface area contributed by atoms with Crippen LogP contribution >= 0.6 is 0 Å². The second-order valence-electron chi connectivity index (χ2n) is 8.22. The van der Waals surface area contributed by atoms with Gasteiger partial charge in [0.25, 0.3) is 0 Å². The lowest BCUT2D eigenvalue weighted by molar-refractivity contribution is -0.111. The smallest absolute Gasteiger partial charge is 0.248 e. The first-order valence-corrected chi connectivity index (χ1v) is 11.3. The zero-order valence-electron chi connectivity index (χ0n) is 20.2. The number of methoxy groups -OCH3 is 1. The number of hydrogen-bond acceptors (Lipinski definition) is 4. The fourth-order valence-electron chi connectivity index (χ4n) is 4.14. The number of benzene rings is 3. The van der Waals surface area contributed by atoms with Crippen molar-refractivity contribution in [2.24, 2.45) is 0 Å². The Morgan fingerprint density at radius 3 is 2.56 bits per heavy atom. The summed E-state index contributed by atoms with van der Waals surface area (Å²) in [4.78, 5) is 12.9. The SMILES string of the molecule is CCOc1c(/C(C)=C/C(=O)Nc2cc(C)ccc2OC)cc2c(-c3ccccc3)coc2c1C. The molecular formula is C29H29NO4. The average Bonchev–Trinajstić information content (AvgIpc) is 3.26. The van der Waals surface area contributed by atoms with E-state index in [0.717, 1.165) is 50.1 Å². The molecule has 0 spiro atoms. The van der Waals surface area contributed by atoms with Gasteiger partial charge in [-0.05, 0) is 62.6 Å². The summed E-state index contributed by atoms with van der Waals surface area (Å²) in [6.45, 7) is 8.32. The highest BCUT2D eigenvalue weighted by atomic mass is 16.5. The number of allylic oxidation sites excluding steroid dienone is 1. The summed E-state index contributed by atoms with van der Waals surface area (Å²) in [6, 6.07) is 17.8. The molecule has 34 heavy (non-hydrogen) atoms. The van der Waals surface area contributed by atoms with E-state index in [-0.39, 0.29) is 5.91 Å². The van der Waals surface area contributed by atoms with Crippen molar-refractivity contribution in [3.05, 3.63) is 83.6 Å². The molecule has 0 saturated heterocycles. The zero-order valence-corrected chi connectivity index (χ0v) is 20.2. The molecular weight excluding hydrogens is 426 g/mol. The van der Waals surface area contributed by atoms with E-state index < -0.39 is 0 Å². The summed E-state index contributed by atoms with van der Waals surface area (Å²) in [5.41, 5.74) is 7.08. The molecule has 4 rings (SSSR count). The number of anilines is 1. The van der Waals surface area contributed by atoms with Gasteiger partial charge in [0.15, 0.2) is 0 Å². The number of ether oxygens (including phenoxy) is 2. The van der Waals surface area contributed by atoms with Crippen LogP contribution in [0.25, 0.3) is 27.7 Å². The van der Waals surface area contributed by atoms with Crippen LogP contribution in [0.2, 0.25) is 0 Å². The number of fused-ring (bicyclic) bond motifs is 1. The maximum absolute atomic E-state index is 12.9. The van der Waals surface area contributed by atoms with Crippen LogP contribution < -0.4 is 14.8 Å². The van der Waals surface area contributed by atoms with E-state index in [2.05, 4.69) is 17.4 Å². The van der Waals surface area contributed by atoms with E-state index in [0.29, 0.717) is 18.0 Å². The highest BCUT2D eigenvalue weighted by molar-refractivity contribution is 6.06. The Morgan fingerprint density at radius 1 is 1.09 bits per heavy atom. The molecule has 0 bridgehead atoms. The molecule has 0 radical (unpaired) electrons. The summed E-state index contributed by atoms with van der Waals surface area (Å²) in [5.74, 6) is 1.10.